The third-order valence-electron chi connectivity index (χ3n) is 5.99. The highest BCUT2D eigenvalue weighted by molar-refractivity contribution is 7.07. The Morgan fingerprint density at radius 3 is 2.55 bits per heavy atom. The van der Waals surface area contributed by atoms with Gasteiger partial charge in [-0.2, -0.15) is 18.4 Å². The number of halogens is 3. The number of nitrogens with one attached hydrogen (secondary N) is 3. The summed E-state index contributed by atoms with van der Waals surface area (Å²) in [6.45, 7) is 4.42. The molecule has 2 aromatic rings. The molecule has 0 unspecified atom stereocenters. The highest BCUT2D eigenvalue weighted by Crippen LogP contribution is 2.17. The predicted octanol–water partition coefficient (Wildman–Crippen LogP) is 1.80. The molecule has 1 fully saturated rings. The van der Waals surface area contributed by atoms with Crippen LogP contribution in [0.5, 0.6) is 0 Å². The van der Waals surface area contributed by atoms with Crippen molar-refractivity contribution in [3.05, 3.63) is 43.8 Å². The van der Waals surface area contributed by atoms with Gasteiger partial charge in [0.2, 0.25) is 5.91 Å². The molecule has 3 rings (SSSR count). The number of benzene rings is 1. The molecule has 1 saturated heterocycles. The molecule has 0 aliphatic carbocycles. The smallest absolute Gasteiger partial charge is 0.360 e. The van der Waals surface area contributed by atoms with E-state index in [2.05, 4.69) is 22.5 Å². The average molecular weight is 551 g/mol. The summed E-state index contributed by atoms with van der Waals surface area (Å²) in [6.07, 6.45) is -1.11. The molecule has 1 aliphatic heterocycles. The zero-order valence-electron chi connectivity index (χ0n) is 21.0. The first-order valence-electron chi connectivity index (χ1n) is 12.1. The first kappa shape index (κ1) is 28.9. The van der Waals surface area contributed by atoms with E-state index in [1.165, 1.54) is 6.20 Å². The van der Waals surface area contributed by atoms with Gasteiger partial charge in [0.25, 0.3) is 11.5 Å². The predicted molar refractivity (Wildman–Crippen MR) is 140 cm³/mol. The highest BCUT2D eigenvalue weighted by Gasteiger charge is 2.29. The third-order valence-corrected chi connectivity index (χ3v) is 7.12. The number of likely N-dealkylation sites (tertiary alicyclic amines) is 1. The molecule has 0 bridgehead atoms. The van der Waals surface area contributed by atoms with Gasteiger partial charge in [0, 0.05) is 24.1 Å². The van der Waals surface area contributed by atoms with Gasteiger partial charge in [-0.15, -0.1) is 11.3 Å². The van der Waals surface area contributed by atoms with E-state index in [1.807, 2.05) is 0 Å². The fraction of sp³-hybridized carbons (Fsp3) is 0.440. The molecule has 2 amide bonds. The number of aromatic nitrogens is 1. The van der Waals surface area contributed by atoms with Crippen molar-refractivity contribution in [3.8, 4) is 6.07 Å². The zero-order valence-corrected chi connectivity index (χ0v) is 21.8. The molecule has 1 aliphatic rings. The Morgan fingerprint density at radius 2 is 1.92 bits per heavy atom. The van der Waals surface area contributed by atoms with Gasteiger partial charge in [0.05, 0.1) is 6.54 Å². The van der Waals surface area contributed by atoms with Crippen molar-refractivity contribution in [2.75, 3.05) is 36.8 Å². The largest absolute Gasteiger partial charge is 0.405 e. The Labute approximate surface area is 221 Å². The van der Waals surface area contributed by atoms with Crippen molar-refractivity contribution < 1.29 is 22.8 Å². The van der Waals surface area contributed by atoms with Gasteiger partial charge >= 0.3 is 6.18 Å². The Hall–Kier alpha value is -3.63. The summed E-state index contributed by atoms with van der Waals surface area (Å²) >= 11 is 0.814. The molecule has 1 aromatic carbocycles. The number of piperidine rings is 1. The second kappa shape index (κ2) is 12.7. The van der Waals surface area contributed by atoms with Gasteiger partial charge in [-0.25, -0.2) is 0 Å². The van der Waals surface area contributed by atoms with E-state index in [9.17, 15) is 32.8 Å². The second-order valence-corrected chi connectivity index (χ2v) is 10.0. The van der Waals surface area contributed by atoms with E-state index in [-0.39, 0.29) is 21.6 Å². The van der Waals surface area contributed by atoms with Gasteiger partial charge in [-0.3, -0.25) is 23.9 Å². The van der Waals surface area contributed by atoms with Gasteiger partial charge in [-0.05, 0) is 57.0 Å². The van der Waals surface area contributed by atoms with E-state index in [0.29, 0.717) is 23.8 Å². The van der Waals surface area contributed by atoms with Crippen LogP contribution in [0.2, 0.25) is 0 Å². The summed E-state index contributed by atoms with van der Waals surface area (Å²) in [5.41, 5.74) is 0.0554. The topological polar surface area (TPSA) is 119 Å². The Balaban J connectivity index is 1.77. The van der Waals surface area contributed by atoms with Crippen LogP contribution < -0.4 is 30.7 Å². The van der Waals surface area contributed by atoms with Gasteiger partial charge in [0.15, 0.2) is 5.57 Å². The molecular formula is C25H29F3N6O3S. The van der Waals surface area contributed by atoms with Crippen molar-refractivity contribution >= 4 is 46.3 Å². The van der Waals surface area contributed by atoms with Crippen LogP contribution in [-0.2, 0) is 16.1 Å². The Kier molecular flexibility index (Phi) is 9.71. The summed E-state index contributed by atoms with van der Waals surface area (Å²) in [4.78, 5) is 39.6. The normalized spacial score (nSPS) is 16.1. The number of nitriles is 1. The number of anilines is 2. The second-order valence-electron chi connectivity index (χ2n) is 8.98. The lowest BCUT2D eigenvalue weighted by molar-refractivity contribution is -0.135. The van der Waals surface area contributed by atoms with Crippen LogP contribution in [0.15, 0.2) is 29.1 Å². The first-order valence-corrected chi connectivity index (χ1v) is 12.9. The zero-order chi connectivity index (χ0) is 27.9. The highest BCUT2D eigenvalue weighted by atomic mass is 32.1. The maximum atomic E-state index is 12.8. The summed E-state index contributed by atoms with van der Waals surface area (Å²) in [5.74, 6) is -0.668. The van der Waals surface area contributed by atoms with Crippen molar-refractivity contribution in [1.82, 2.24) is 14.8 Å². The number of rotatable bonds is 8. The molecule has 204 valence electrons. The monoisotopic (exact) mass is 550 g/mol. The Morgan fingerprint density at radius 1 is 1.24 bits per heavy atom. The minimum absolute atomic E-state index is 0.0409. The van der Waals surface area contributed by atoms with Crippen molar-refractivity contribution in [2.45, 2.75) is 39.4 Å². The van der Waals surface area contributed by atoms with Gasteiger partial charge < -0.3 is 16.0 Å². The van der Waals surface area contributed by atoms with Crippen molar-refractivity contribution in [1.29, 1.82) is 5.26 Å². The Bertz CT molecular complexity index is 1380. The van der Waals surface area contributed by atoms with Crippen molar-refractivity contribution in [2.24, 2.45) is 5.92 Å². The van der Waals surface area contributed by atoms with Crippen LogP contribution in [0.4, 0.5) is 24.5 Å². The van der Waals surface area contributed by atoms with E-state index in [4.69, 9.17) is 0 Å². The van der Waals surface area contributed by atoms with Crippen LogP contribution in [0.3, 0.4) is 0 Å². The molecule has 2 heterocycles. The fourth-order valence-corrected chi connectivity index (χ4v) is 5.00. The van der Waals surface area contributed by atoms with Crippen LogP contribution in [-0.4, -0.2) is 53.6 Å². The average Bonchev–Trinajstić information content (AvgIpc) is 3.18. The molecule has 0 spiro atoms. The van der Waals surface area contributed by atoms with E-state index >= 15 is 0 Å². The van der Waals surface area contributed by atoms with Crippen LogP contribution in [0.1, 0.15) is 26.7 Å². The number of hydrogen-bond acceptors (Lipinski definition) is 7. The molecule has 3 N–H and O–H groups in total. The number of nitrogens with zero attached hydrogens (tertiary/aromatic N) is 3. The van der Waals surface area contributed by atoms with Gasteiger partial charge in [-0.1, -0.05) is 13.0 Å². The van der Waals surface area contributed by atoms with Gasteiger partial charge in [0.1, 0.15) is 21.8 Å². The summed E-state index contributed by atoms with van der Waals surface area (Å²) in [7, 11) is 0. The van der Waals surface area contributed by atoms with Crippen LogP contribution in [0.25, 0.3) is 11.8 Å². The minimum atomic E-state index is -4.64. The maximum Gasteiger partial charge on any atom is 0.405 e. The lowest BCUT2D eigenvalue weighted by atomic mass is 9.99. The van der Waals surface area contributed by atoms with E-state index < -0.39 is 29.8 Å². The molecule has 1 aromatic heterocycles. The van der Waals surface area contributed by atoms with E-state index in [0.717, 1.165) is 41.8 Å². The molecule has 13 heteroatoms. The number of hydrogen-bond donors (Lipinski definition) is 3. The SMILES string of the molecule is CCn1c(=C(C#N)C(=O)NCC(F)(F)F)sc(=CNc2cccc(NC(=O)CN3CCC(C)CC3)c2)c1=O. The lowest BCUT2D eigenvalue weighted by Crippen LogP contribution is -2.38. The quantitative estimate of drug-likeness (QED) is 0.461. The fourth-order valence-electron chi connectivity index (χ4n) is 3.92. The standard InChI is InChI=1S/C25H29F3N6O3S/c1-3-34-23(37)20(38-24(34)19(12-29)22(36)31-15-25(26,27)28)13-30-17-5-4-6-18(11-17)32-21(35)14-33-9-7-16(2)8-10-33/h4-6,11,13,16,30H,3,7-10,14-15H2,1-2H3,(H,31,36)(H,32,35). The van der Waals surface area contributed by atoms with E-state index in [1.54, 1.807) is 42.6 Å². The number of carbonyl (C=O) groups is 2. The number of thiazole rings is 1. The molecule has 0 atom stereocenters. The number of alkyl halides is 3. The molecule has 9 nitrogen and oxygen atoms in total. The lowest BCUT2D eigenvalue weighted by Gasteiger charge is -2.29. The number of carbonyl (C=O) groups excluding carboxylic acids is 2. The first-order chi connectivity index (χ1) is 18.0. The summed E-state index contributed by atoms with van der Waals surface area (Å²) < 4.78 is 38.7. The molecule has 38 heavy (non-hydrogen) atoms. The molecule has 0 radical (unpaired) electrons. The van der Waals surface area contributed by atoms with Crippen LogP contribution in [0, 0.1) is 17.2 Å². The summed E-state index contributed by atoms with van der Waals surface area (Å²) in [5, 5.41) is 16.9. The van der Waals surface area contributed by atoms with Crippen molar-refractivity contribution in [3.63, 3.8) is 0 Å². The summed E-state index contributed by atoms with van der Waals surface area (Å²) in [6, 6.07) is 8.49. The minimum Gasteiger partial charge on any atom is -0.360 e. The van der Waals surface area contributed by atoms with Crippen LogP contribution >= 0.6 is 11.3 Å². The number of amides is 2. The maximum absolute atomic E-state index is 12.8. The third kappa shape index (κ3) is 7.93. The molecular weight excluding hydrogens is 521 g/mol. The molecule has 0 saturated carbocycles.